The molecule has 0 aliphatic carbocycles. The normalized spacial score (nSPS) is 10.9. The maximum absolute atomic E-state index is 13.8. The molecule has 0 aliphatic heterocycles. The summed E-state index contributed by atoms with van der Waals surface area (Å²) in [6.45, 7) is 1.88. The molecular formula is C17H17FN2O3S. The van der Waals surface area contributed by atoms with Gasteiger partial charge in [0.15, 0.2) is 11.6 Å². The van der Waals surface area contributed by atoms with Crippen LogP contribution in [0, 0.1) is 17.1 Å². The molecular weight excluding hydrogens is 331 g/mol. The predicted octanol–water partition coefficient (Wildman–Crippen LogP) is 3.12. The zero-order valence-electron chi connectivity index (χ0n) is 13.4. The van der Waals surface area contributed by atoms with Gasteiger partial charge in [0.2, 0.25) is 0 Å². The third kappa shape index (κ3) is 3.49. The highest BCUT2D eigenvalue weighted by Crippen LogP contribution is 2.27. The zero-order chi connectivity index (χ0) is 17.7. The van der Waals surface area contributed by atoms with Crippen molar-refractivity contribution in [2.24, 2.45) is 0 Å². The smallest absolute Gasteiger partial charge is 0.264 e. The summed E-state index contributed by atoms with van der Waals surface area (Å²) in [6, 6.07) is 12.2. The Kier molecular flexibility index (Phi) is 5.42. The molecule has 0 atom stereocenters. The first-order valence-electron chi connectivity index (χ1n) is 7.26. The van der Waals surface area contributed by atoms with Crippen molar-refractivity contribution in [3.63, 3.8) is 0 Å². The van der Waals surface area contributed by atoms with Crippen LogP contribution in [0.5, 0.6) is 5.75 Å². The van der Waals surface area contributed by atoms with Gasteiger partial charge in [-0.3, -0.25) is 4.31 Å². The quantitative estimate of drug-likeness (QED) is 0.804. The van der Waals surface area contributed by atoms with Crippen molar-refractivity contribution in [1.29, 1.82) is 5.26 Å². The van der Waals surface area contributed by atoms with E-state index < -0.39 is 15.8 Å². The molecule has 0 aromatic heterocycles. The number of rotatable bonds is 6. The number of nitriles is 1. The Bertz CT molecular complexity index is 858. The molecule has 7 heteroatoms. The molecule has 0 saturated carbocycles. The molecule has 126 valence electrons. The third-order valence-electron chi connectivity index (χ3n) is 3.51. The van der Waals surface area contributed by atoms with Crippen LogP contribution in [0.1, 0.15) is 12.5 Å². The molecule has 0 aliphatic rings. The first-order chi connectivity index (χ1) is 11.4. The SMILES string of the molecule is CCN(c1ccc(CC#N)cc1)S(=O)(=O)c1ccc(OC)c(F)c1. The van der Waals surface area contributed by atoms with E-state index in [1.807, 2.05) is 6.07 Å². The van der Waals surface area contributed by atoms with Crippen LogP contribution in [0.4, 0.5) is 10.1 Å². The Morgan fingerprint density at radius 2 is 1.88 bits per heavy atom. The monoisotopic (exact) mass is 348 g/mol. The summed E-state index contributed by atoms with van der Waals surface area (Å²) in [7, 11) is -2.59. The highest BCUT2D eigenvalue weighted by molar-refractivity contribution is 7.92. The molecule has 2 aromatic rings. The van der Waals surface area contributed by atoms with Gasteiger partial charge in [0.25, 0.3) is 10.0 Å². The number of hydrogen-bond acceptors (Lipinski definition) is 4. The minimum absolute atomic E-state index is 0.0159. The fourth-order valence-electron chi connectivity index (χ4n) is 2.30. The Hall–Kier alpha value is -2.59. The molecule has 0 fully saturated rings. The number of halogens is 1. The van der Waals surface area contributed by atoms with Gasteiger partial charge in [-0.05, 0) is 42.8 Å². The van der Waals surface area contributed by atoms with E-state index in [2.05, 4.69) is 0 Å². The summed E-state index contributed by atoms with van der Waals surface area (Å²) in [5, 5.41) is 8.69. The van der Waals surface area contributed by atoms with Gasteiger partial charge in [-0.15, -0.1) is 0 Å². The molecule has 0 radical (unpaired) electrons. The summed E-state index contributed by atoms with van der Waals surface area (Å²) >= 11 is 0. The molecule has 24 heavy (non-hydrogen) atoms. The van der Waals surface area contributed by atoms with Crippen LogP contribution < -0.4 is 9.04 Å². The van der Waals surface area contributed by atoms with Gasteiger partial charge in [0.05, 0.1) is 30.2 Å². The highest BCUT2D eigenvalue weighted by Gasteiger charge is 2.24. The lowest BCUT2D eigenvalue weighted by atomic mass is 10.1. The number of hydrogen-bond donors (Lipinski definition) is 0. The van der Waals surface area contributed by atoms with Gasteiger partial charge in [0.1, 0.15) is 0 Å². The van der Waals surface area contributed by atoms with E-state index >= 15 is 0 Å². The summed E-state index contributed by atoms with van der Waals surface area (Å²) < 4.78 is 45.4. The van der Waals surface area contributed by atoms with E-state index in [-0.39, 0.29) is 23.6 Å². The van der Waals surface area contributed by atoms with Gasteiger partial charge < -0.3 is 4.74 Å². The lowest BCUT2D eigenvalue weighted by Crippen LogP contribution is -2.30. The van der Waals surface area contributed by atoms with Crippen molar-refractivity contribution in [2.45, 2.75) is 18.2 Å². The van der Waals surface area contributed by atoms with Crippen molar-refractivity contribution in [3.05, 3.63) is 53.8 Å². The van der Waals surface area contributed by atoms with E-state index in [1.165, 1.54) is 23.5 Å². The lowest BCUT2D eigenvalue weighted by Gasteiger charge is -2.23. The fourth-order valence-corrected chi connectivity index (χ4v) is 3.78. The summed E-state index contributed by atoms with van der Waals surface area (Å²) in [5.41, 5.74) is 1.25. The molecule has 0 amide bonds. The Morgan fingerprint density at radius 3 is 2.38 bits per heavy atom. The highest BCUT2D eigenvalue weighted by atomic mass is 32.2. The van der Waals surface area contributed by atoms with Gasteiger partial charge in [-0.1, -0.05) is 12.1 Å². The average molecular weight is 348 g/mol. The van der Waals surface area contributed by atoms with Crippen molar-refractivity contribution in [3.8, 4) is 11.8 Å². The van der Waals surface area contributed by atoms with Crippen LogP contribution in [0.2, 0.25) is 0 Å². The molecule has 0 heterocycles. The van der Waals surface area contributed by atoms with Crippen LogP contribution in [-0.4, -0.2) is 22.1 Å². The van der Waals surface area contributed by atoms with Crippen molar-refractivity contribution in [2.75, 3.05) is 18.0 Å². The average Bonchev–Trinajstić information content (AvgIpc) is 2.57. The van der Waals surface area contributed by atoms with Gasteiger partial charge >= 0.3 is 0 Å². The summed E-state index contributed by atoms with van der Waals surface area (Å²) in [5.74, 6) is -0.753. The van der Waals surface area contributed by atoms with Crippen LogP contribution in [0.15, 0.2) is 47.4 Å². The molecule has 0 spiro atoms. The molecule has 0 bridgehead atoms. The third-order valence-corrected chi connectivity index (χ3v) is 5.40. The van der Waals surface area contributed by atoms with E-state index in [0.29, 0.717) is 5.69 Å². The first kappa shape index (κ1) is 17.8. The van der Waals surface area contributed by atoms with E-state index in [4.69, 9.17) is 10.00 Å². The maximum atomic E-state index is 13.8. The molecule has 2 rings (SSSR count). The Labute approximate surface area is 141 Å². The molecule has 0 unspecified atom stereocenters. The standard InChI is InChI=1S/C17H17FN2O3S/c1-3-20(14-6-4-13(5-7-14)10-11-19)24(21,22)15-8-9-17(23-2)16(18)12-15/h4-9,12H,3,10H2,1-2H3. The maximum Gasteiger partial charge on any atom is 0.264 e. The van der Waals surface area contributed by atoms with E-state index in [0.717, 1.165) is 11.6 Å². The van der Waals surface area contributed by atoms with E-state index in [1.54, 1.807) is 31.2 Å². The largest absolute Gasteiger partial charge is 0.494 e. The first-order valence-corrected chi connectivity index (χ1v) is 8.70. The van der Waals surface area contributed by atoms with Gasteiger partial charge in [0, 0.05) is 6.54 Å². The summed E-state index contributed by atoms with van der Waals surface area (Å²) in [6.07, 6.45) is 0.253. The number of methoxy groups -OCH3 is 1. The molecule has 5 nitrogen and oxygen atoms in total. The number of sulfonamides is 1. The Balaban J connectivity index is 2.41. The lowest BCUT2D eigenvalue weighted by molar-refractivity contribution is 0.385. The van der Waals surface area contributed by atoms with Crippen LogP contribution in [0.3, 0.4) is 0 Å². The minimum atomic E-state index is -3.90. The molecule has 2 aromatic carbocycles. The topological polar surface area (TPSA) is 70.4 Å². The summed E-state index contributed by atoms with van der Waals surface area (Å²) in [4.78, 5) is -0.149. The number of anilines is 1. The number of benzene rings is 2. The van der Waals surface area contributed by atoms with Crippen LogP contribution >= 0.6 is 0 Å². The predicted molar refractivity (Wildman–Crippen MR) is 88.9 cm³/mol. The van der Waals surface area contributed by atoms with Crippen molar-refractivity contribution >= 4 is 15.7 Å². The fraction of sp³-hybridized carbons (Fsp3) is 0.235. The second kappa shape index (κ2) is 7.32. The van der Waals surface area contributed by atoms with Gasteiger partial charge in [-0.25, -0.2) is 12.8 Å². The zero-order valence-corrected chi connectivity index (χ0v) is 14.2. The minimum Gasteiger partial charge on any atom is -0.494 e. The Morgan fingerprint density at radius 1 is 1.21 bits per heavy atom. The number of ether oxygens (including phenoxy) is 1. The number of nitrogens with zero attached hydrogens (tertiary/aromatic N) is 2. The van der Waals surface area contributed by atoms with E-state index in [9.17, 15) is 12.8 Å². The van der Waals surface area contributed by atoms with Crippen molar-refractivity contribution < 1.29 is 17.5 Å². The molecule has 0 N–H and O–H groups in total. The van der Waals surface area contributed by atoms with Crippen molar-refractivity contribution in [1.82, 2.24) is 0 Å². The van der Waals surface area contributed by atoms with Gasteiger partial charge in [-0.2, -0.15) is 5.26 Å². The second-order valence-electron chi connectivity index (χ2n) is 4.97. The molecule has 0 saturated heterocycles. The second-order valence-corrected chi connectivity index (χ2v) is 6.83. The van der Waals surface area contributed by atoms with Crippen LogP contribution in [0.25, 0.3) is 0 Å². The van der Waals surface area contributed by atoms with Crippen LogP contribution in [-0.2, 0) is 16.4 Å².